The Kier molecular flexibility index (Phi) is 12.7. The third kappa shape index (κ3) is 9.52. The summed E-state index contributed by atoms with van der Waals surface area (Å²) in [5.74, 6) is -1.84. The zero-order valence-electron chi connectivity index (χ0n) is 21.2. The van der Waals surface area contributed by atoms with Crippen molar-refractivity contribution in [3.63, 3.8) is 0 Å². The number of amides is 3. The van der Waals surface area contributed by atoms with Crippen molar-refractivity contribution in [1.82, 2.24) is 15.5 Å². The van der Waals surface area contributed by atoms with Gasteiger partial charge in [-0.3, -0.25) is 14.4 Å². The molecular weight excluding hydrogens is 498 g/mol. The van der Waals surface area contributed by atoms with Crippen LogP contribution in [-0.4, -0.2) is 88.1 Å². The number of benzene rings is 1. The molecule has 0 saturated carbocycles. The molecule has 1 aromatic carbocycles. The number of phenols is 1. The minimum absolute atomic E-state index is 0.0571. The number of phenolic OH excluding ortho intramolecular Hbond substituents is 1. The SMILES string of the molecule is CSCCC(N)C(=O)NC(CCCCN)C(=O)NC(Cc1ccc(O)cc1)C(=O)N1CCCC1C(=O)O. The predicted octanol–water partition coefficient (Wildman–Crippen LogP) is 0.189. The number of nitrogens with two attached hydrogens (primary N) is 2. The summed E-state index contributed by atoms with van der Waals surface area (Å²) in [7, 11) is 0. The number of unbranched alkanes of at least 4 members (excludes halogenated alkanes) is 1. The van der Waals surface area contributed by atoms with Crippen molar-refractivity contribution in [3.05, 3.63) is 29.8 Å². The van der Waals surface area contributed by atoms with Crippen LogP contribution in [0.3, 0.4) is 0 Å². The van der Waals surface area contributed by atoms with Crippen LogP contribution in [0.15, 0.2) is 24.3 Å². The van der Waals surface area contributed by atoms with Crippen LogP contribution < -0.4 is 22.1 Å². The van der Waals surface area contributed by atoms with Crippen molar-refractivity contribution in [2.45, 2.75) is 69.1 Å². The second-order valence-corrected chi connectivity index (χ2v) is 10.2. The molecule has 0 aromatic heterocycles. The smallest absolute Gasteiger partial charge is 0.326 e. The highest BCUT2D eigenvalue weighted by molar-refractivity contribution is 7.98. The molecule has 0 radical (unpaired) electrons. The van der Waals surface area contributed by atoms with Gasteiger partial charge < -0.3 is 37.2 Å². The van der Waals surface area contributed by atoms with Crippen LogP contribution in [0, 0.1) is 0 Å². The third-order valence-electron chi connectivity index (χ3n) is 6.36. The second kappa shape index (κ2) is 15.4. The number of carboxylic acid groups (broad SMARTS) is 1. The maximum absolute atomic E-state index is 13.5. The first-order valence-corrected chi connectivity index (χ1v) is 13.9. The lowest BCUT2D eigenvalue weighted by Crippen LogP contribution is -2.57. The van der Waals surface area contributed by atoms with E-state index in [9.17, 15) is 29.4 Å². The number of likely N-dealkylation sites (tertiary alicyclic amines) is 1. The molecule has 1 aliphatic rings. The summed E-state index contributed by atoms with van der Waals surface area (Å²) in [4.78, 5) is 52.5. The van der Waals surface area contributed by atoms with Gasteiger partial charge in [-0.1, -0.05) is 12.1 Å². The fraction of sp³-hybridized carbons (Fsp3) is 0.600. The number of carbonyl (C=O) groups excluding carboxylic acids is 3. The normalized spacial score (nSPS) is 17.6. The van der Waals surface area contributed by atoms with Crippen LogP contribution in [-0.2, 0) is 25.6 Å². The summed E-state index contributed by atoms with van der Waals surface area (Å²) in [5, 5.41) is 24.6. The van der Waals surface area contributed by atoms with Crippen LogP contribution >= 0.6 is 11.8 Å². The second-order valence-electron chi connectivity index (χ2n) is 9.19. The average molecular weight is 538 g/mol. The van der Waals surface area contributed by atoms with Gasteiger partial charge in [0.25, 0.3) is 0 Å². The molecule has 11 nitrogen and oxygen atoms in total. The lowest BCUT2D eigenvalue weighted by molar-refractivity contribution is -0.149. The molecule has 0 aliphatic carbocycles. The molecule has 2 rings (SSSR count). The number of thioether (sulfide) groups is 1. The largest absolute Gasteiger partial charge is 0.508 e. The summed E-state index contributed by atoms with van der Waals surface area (Å²) >= 11 is 1.56. The van der Waals surface area contributed by atoms with Crippen molar-refractivity contribution in [2.75, 3.05) is 25.1 Å². The van der Waals surface area contributed by atoms with Gasteiger partial charge in [0.1, 0.15) is 23.9 Å². The fourth-order valence-electron chi connectivity index (χ4n) is 4.24. The minimum Gasteiger partial charge on any atom is -0.508 e. The number of carbonyl (C=O) groups is 4. The van der Waals surface area contributed by atoms with Gasteiger partial charge in [0, 0.05) is 13.0 Å². The van der Waals surface area contributed by atoms with E-state index in [1.54, 1.807) is 23.9 Å². The first kappa shape index (κ1) is 30.4. The summed E-state index contributed by atoms with van der Waals surface area (Å²) in [6.07, 6.45) is 4.89. The highest BCUT2D eigenvalue weighted by Crippen LogP contribution is 2.20. The van der Waals surface area contributed by atoms with Crippen molar-refractivity contribution >= 4 is 35.5 Å². The molecule has 206 valence electrons. The first-order valence-electron chi connectivity index (χ1n) is 12.5. The van der Waals surface area contributed by atoms with Crippen molar-refractivity contribution in [2.24, 2.45) is 11.5 Å². The zero-order valence-corrected chi connectivity index (χ0v) is 22.0. The molecule has 4 atom stereocenters. The van der Waals surface area contributed by atoms with Gasteiger partial charge in [-0.25, -0.2) is 4.79 Å². The highest BCUT2D eigenvalue weighted by Gasteiger charge is 2.38. The van der Waals surface area contributed by atoms with E-state index < -0.39 is 47.9 Å². The maximum Gasteiger partial charge on any atom is 0.326 e. The average Bonchev–Trinajstić information content (AvgIpc) is 3.37. The Morgan fingerprint density at radius 1 is 1.08 bits per heavy atom. The predicted molar refractivity (Wildman–Crippen MR) is 142 cm³/mol. The number of aliphatic carboxylic acids is 1. The van der Waals surface area contributed by atoms with Gasteiger partial charge in [0.05, 0.1) is 6.04 Å². The van der Waals surface area contributed by atoms with E-state index in [1.165, 1.54) is 17.0 Å². The Labute approximate surface area is 221 Å². The van der Waals surface area contributed by atoms with E-state index in [2.05, 4.69) is 10.6 Å². The maximum atomic E-state index is 13.5. The Hall–Kier alpha value is -2.83. The Bertz CT molecular complexity index is 915. The fourth-order valence-corrected chi connectivity index (χ4v) is 4.73. The summed E-state index contributed by atoms with van der Waals surface area (Å²) in [6.45, 7) is 0.710. The molecule has 12 heteroatoms. The van der Waals surface area contributed by atoms with Crippen molar-refractivity contribution in [3.8, 4) is 5.75 Å². The van der Waals surface area contributed by atoms with Gasteiger partial charge >= 0.3 is 5.97 Å². The summed E-state index contributed by atoms with van der Waals surface area (Å²) in [6, 6.07) is 2.49. The van der Waals surface area contributed by atoms with Gasteiger partial charge in [0.15, 0.2) is 0 Å². The number of hydrogen-bond donors (Lipinski definition) is 6. The number of aromatic hydroxyl groups is 1. The highest BCUT2D eigenvalue weighted by atomic mass is 32.2. The van der Waals surface area contributed by atoms with Gasteiger partial charge in [-0.15, -0.1) is 0 Å². The number of carboxylic acids is 1. The molecule has 8 N–H and O–H groups in total. The Morgan fingerprint density at radius 2 is 1.76 bits per heavy atom. The van der Waals surface area contributed by atoms with E-state index in [0.717, 1.165) is 0 Å². The molecular formula is C25H39N5O6S. The molecule has 1 heterocycles. The van der Waals surface area contributed by atoms with E-state index in [0.29, 0.717) is 56.4 Å². The molecule has 1 aliphatic heterocycles. The summed E-state index contributed by atoms with van der Waals surface area (Å²) in [5.41, 5.74) is 12.2. The lowest BCUT2D eigenvalue weighted by Gasteiger charge is -2.29. The van der Waals surface area contributed by atoms with Crippen molar-refractivity contribution in [1.29, 1.82) is 0 Å². The molecule has 37 heavy (non-hydrogen) atoms. The van der Waals surface area contributed by atoms with Crippen LogP contribution in [0.1, 0.15) is 44.1 Å². The molecule has 3 amide bonds. The number of nitrogens with one attached hydrogen (secondary N) is 2. The van der Waals surface area contributed by atoms with E-state index in [1.807, 2.05) is 6.26 Å². The number of rotatable bonds is 15. The quantitative estimate of drug-likeness (QED) is 0.170. The molecule has 1 saturated heterocycles. The van der Waals surface area contributed by atoms with Crippen LogP contribution in [0.25, 0.3) is 0 Å². The Balaban J connectivity index is 2.23. The van der Waals surface area contributed by atoms with Gasteiger partial charge in [-0.05, 0) is 74.8 Å². The number of nitrogens with zero attached hydrogens (tertiary/aromatic N) is 1. The monoisotopic (exact) mass is 537 g/mol. The van der Waals surface area contributed by atoms with Crippen molar-refractivity contribution < 1.29 is 29.4 Å². The van der Waals surface area contributed by atoms with Crippen LogP contribution in [0.4, 0.5) is 0 Å². The van der Waals surface area contributed by atoms with Gasteiger partial charge in [0.2, 0.25) is 17.7 Å². The zero-order chi connectivity index (χ0) is 27.4. The first-order chi connectivity index (χ1) is 17.7. The van der Waals surface area contributed by atoms with Crippen LogP contribution in [0.2, 0.25) is 0 Å². The van der Waals surface area contributed by atoms with Crippen LogP contribution in [0.5, 0.6) is 5.75 Å². The molecule has 1 fully saturated rings. The van der Waals surface area contributed by atoms with E-state index in [-0.39, 0.29) is 18.7 Å². The molecule has 4 unspecified atom stereocenters. The topological polar surface area (TPSA) is 188 Å². The number of hydrogen-bond acceptors (Lipinski definition) is 8. The Morgan fingerprint density at radius 3 is 2.38 bits per heavy atom. The lowest BCUT2D eigenvalue weighted by atomic mass is 10.0. The van der Waals surface area contributed by atoms with E-state index >= 15 is 0 Å². The molecule has 0 spiro atoms. The molecule has 0 bridgehead atoms. The standard InChI is InChI=1S/C25H39N5O6S/c1-37-14-11-18(27)22(32)28-19(5-2-3-12-26)23(33)29-20(15-16-7-9-17(31)10-8-16)24(34)30-13-4-6-21(30)25(35)36/h7-10,18-21,31H,2-6,11-15,26-27H2,1H3,(H,28,32)(H,29,33)(H,35,36). The third-order valence-corrected chi connectivity index (χ3v) is 7.01. The summed E-state index contributed by atoms with van der Waals surface area (Å²) < 4.78 is 0. The van der Waals surface area contributed by atoms with Gasteiger partial charge in [-0.2, -0.15) is 11.8 Å². The van der Waals surface area contributed by atoms with E-state index in [4.69, 9.17) is 11.5 Å². The minimum atomic E-state index is -1.09. The molecule has 1 aromatic rings.